The SMILES string of the molecule is Bc1c(B)c(B)c2c(c1B)C1=C(C)C(=O)CC1(CC(C)=O)c1cccnc1-2. The van der Waals surface area contributed by atoms with Gasteiger partial charge in [-0.2, -0.15) is 0 Å². The number of aromatic nitrogens is 1. The van der Waals surface area contributed by atoms with Crippen LogP contribution in [0, 0.1) is 0 Å². The average Bonchev–Trinajstić information content (AvgIpc) is 2.87. The van der Waals surface area contributed by atoms with Crippen molar-refractivity contribution < 1.29 is 9.59 Å². The Hall–Kier alpha value is -2.29. The minimum absolute atomic E-state index is 0.103. The third-order valence-corrected chi connectivity index (χ3v) is 6.78. The van der Waals surface area contributed by atoms with E-state index in [1.165, 1.54) is 21.9 Å². The summed E-state index contributed by atoms with van der Waals surface area (Å²) in [5.41, 5.74) is 10.4. The van der Waals surface area contributed by atoms with Gasteiger partial charge in [0, 0.05) is 30.0 Å². The second kappa shape index (κ2) is 5.85. The molecule has 1 heterocycles. The Balaban J connectivity index is 2.25. The number of ketones is 2. The summed E-state index contributed by atoms with van der Waals surface area (Å²) in [7, 11) is 8.57. The van der Waals surface area contributed by atoms with Crippen molar-refractivity contribution in [2.24, 2.45) is 0 Å². The maximum atomic E-state index is 12.9. The van der Waals surface area contributed by atoms with Crippen LogP contribution in [-0.4, -0.2) is 47.9 Å². The van der Waals surface area contributed by atoms with Crippen LogP contribution in [0.3, 0.4) is 0 Å². The van der Waals surface area contributed by atoms with Crippen LogP contribution >= 0.6 is 0 Å². The van der Waals surface area contributed by atoms with Gasteiger partial charge in [0.1, 0.15) is 37.2 Å². The number of carbonyl (C=O) groups is 2. The minimum atomic E-state index is -0.581. The molecule has 2 aliphatic carbocycles. The number of carbonyl (C=O) groups excluding carboxylic acids is 2. The zero-order chi connectivity index (χ0) is 19.7. The van der Waals surface area contributed by atoms with Crippen LogP contribution in [0.15, 0.2) is 23.9 Å². The van der Waals surface area contributed by atoms with Crippen molar-refractivity contribution in [1.82, 2.24) is 4.98 Å². The number of hydrogen-bond acceptors (Lipinski definition) is 3. The molecule has 1 unspecified atom stereocenters. The van der Waals surface area contributed by atoms with Crippen molar-refractivity contribution in [3.8, 4) is 11.3 Å². The fourth-order valence-corrected chi connectivity index (χ4v) is 5.23. The van der Waals surface area contributed by atoms with Gasteiger partial charge >= 0.3 is 0 Å². The second-order valence-electron chi connectivity index (χ2n) is 8.21. The van der Waals surface area contributed by atoms with Gasteiger partial charge in [0.25, 0.3) is 0 Å². The molecule has 1 atom stereocenters. The third-order valence-electron chi connectivity index (χ3n) is 6.78. The molecule has 1 aromatic carbocycles. The van der Waals surface area contributed by atoms with Gasteiger partial charge < -0.3 is 0 Å². The van der Waals surface area contributed by atoms with Crippen molar-refractivity contribution in [3.63, 3.8) is 0 Å². The van der Waals surface area contributed by atoms with E-state index in [2.05, 4.69) is 37.5 Å². The Bertz CT molecular complexity index is 1090. The number of hydrogen-bond donors (Lipinski definition) is 0. The number of rotatable bonds is 2. The first-order valence-corrected chi connectivity index (χ1v) is 9.51. The van der Waals surface area contributed by atoms with E-state index >= 15 is 0 Å². The number of benzene rings is 1. The molecule has 7 heteroatoms. The van der Waals surface area contributed by atoms with E-state index in [-0.39, 0.29) is 11.6 Å². The fourth-order valence-electron chi connectivity index (χ4n) is 5.23. The molecule has 3 nitrogen and oxygen atoms in total. The van der Waals surface area contributed by atoms with E-state index in [0.717, 1.165) is 33.5 Å². The number of pyridine rings is 1. The molecule has 0 fully saturated rings. The van der Waals surface area contributed by atoms with Gasteiger partial charge in [0.05, 0.1) is 5.69 Å². The maximum absolute atomic E-state index is 12.9. The normalized spacial score (nSPS) is 20.3. The first-order valence-electron chi connectivity index (χ1n) is 9.51. The second-order valence-corrected chi connectivity index (χ2v) is 8.21. The predicted molar refractivity (Wildman–Crippen MR) is 122 cm³/mol. The molecule has 0 saturated carbocycles. The summed E-state index contributed by atoms with van der Waals surface area (Å²) in [4.78, 5) is 30.0. The molecular weight excluding hydrogens is 329 g/mol. The average molecular weight is 351 g/mol. The number of allylic oxidation sites excluding steroid dienone is 2. The summed E-state index contributed by atoms with van der Waals surface area (Å²) >= 11 is 0. The van der Waals surface area contributed by atoms with Crippen molar-refractivity contribution in [2.75, 3.05) is 0 Å². The van der Waals surface area contributed by atoms with Crippen molar-refractivity contribution in [3.05, 3.63) is 35.0 Å². The monoisotopic (exact) mass is 351 g/mol. The third kappa shape index (κ3) is 2.24. The number of Topliss-reactive ketones (excluding diaryl/α,β-unsaturated/α-hetero) is 2. The minimum Gasteiger partial charge on any atom is -0.300 e. The Morgan fingerprint density at radius 2 is 1.74 bits per heavy atom. The Kier molecular flexibility index (Phi) is 3.92. The van der Waals surface area contributed by atoms with Crippen LogP contribution in [-0.2, 0) is 15.0 Å². The maximum Gasteiger partial charge on any atom is 0.160 e. The molecule has 0 radical (unpaired) electrons. The molecule has 0 N–H and O–H groups in total. The Labute approximate surface area is 163 Å². The van der Waals surface area contributed by atoms with Gasteiger partial charge in [0.15, 0.2) is 5.78 Å². The smallest absolute Gasteiger partial charge is 0.160 e. The summed E-state index contributed by atoms with van der Waals surface area (Å²) in [5, 5.41) is 0. The predicted octanol–water partition coefficient (Wildman–Crippen LogP) is -3.24. The quantitative estimate of drug-likeness (QED) is 0.535. The Morgan fingerprint density at radius 3 is 2.37 bits per heavy atom. The lowest BCUT2D eigenvalue weighted by Gasteiger charge is -2.40. The van der Waals surface area contributed by atoms with Crippen molar-refractivity contribution in [2.45, 2.75) is 32.1 Å². The summed E-state index contributed by atoms with van der Waals surface area (Å²) in [6, 6.07) is 3.98. The first-order chi connectivity index (χ1) is 12.7. The van der Waals surface area contributed by atoms with E-state index < -0.39 is 5.41 Å². The largest absolute Gasteiger partial charge is 0.300 e. The molecule has 0 aliphatic heterocycles. The van der Waals surface area contributed by atoms with Crippen molar-refractivity contribution >= 4 is 70.4 Å². The zero-order valence-electron chi connectivity index (χ0n) is 16.9. The Morgan fingerprint density at radius 1 is 1.11 bits per heavy atom. The molecule has 4 rings (SSSR count). The summed E-state index contributed by atoms with van der Waals surface area (Å²) in [6.07, 6.45) is 2.51. The van der Waals surface area contributed by atoms with Gasteiger partial charge in [-0.3, -0.25) is 14.6 Å². The molecule has 130 valence electrons. The molecular formula is C20H21B4NO2. The van der Waals surface area contributed by atoms with E-state index in [1.807, 2.05) is 19.2 Å². The van der Waals surface area contributed by atoms with Gasteiger partial charge in [-0.25, -0.2) is 0 Å². The standard InChI is InChI=1S/C20H21B4NO2/c1-8(26)6-20-7-11(27)9(2)14(20)12-13(19-10(20)4-3-5-25-19)16(22)18(24)17(23)15(12)21/h3-5H,6-7,21-24H2,1-2H3. The highest BCUT2D eigenvalue weighted by Crippen LogP contribution is 2.56. The van der Waals surface area contributed by atoms with Crippen LogP contribution in [0.2, 0.25) is 0 Å². The topological polar surface area (TPSA) is 47.0 Å². The van der Waals surface area contributed by atoms with Gasteiger partial charge in [0.2, 0.25) is 0 Å². The highest BCUT2D eigenvalue weighted by atomic mass is 16.1. The summed E-state index contributed by atoms with van der Waals surface area (Å²) < 4.78 is 0. The zero-order valence-corrected chi connectivity index (χ0v) is 16.9. The van der Waals surface area contributed by atoms with Gasteiger partial charge in [-0.15, -0.1) is 10.9 Å². The molecule has 0 amide bonds. The van der Waals surface area contributed by atoms with Crippen LogP contribution in [0.25, 0.3) is 16.8 Å². The molecule has 1 aromatic heterocycles. The van der Waals surface area contributed by atoms with Gasteiger partial charge in [-0.05, 0) is 42.2 Å². The molecule has 2 aliphatic rings. The van der Waals surface area contributed by atoms with Crippen molar-refractivity contribution in [1.29, 1.82) is 0 Å². The lowest BCUT2D eigenvalue weighted by atomic mass is 9.56. The molecule has 0 saturated heterocycles. The number of nitrogens with zero attached hydrogens (tertiary/aromatic N) is 1. The molecule has 27 heavy (non-hydrogen) atoms. The summed E-state index contributed by atoms with van der Waals surface area (Å²) in [6.45, 7) is 3.54. The highest BCUT2D eigenvalue weighted by Gasteiger charge is 2.51. The van der Waals surface area contributed by atoms with Crippen LogP contribution in [0.5, 0.6) is 0 Å². The van der Waals surface area contributed by atoms with E-state index in [0.29, 0.717) is 12.8 Å². The lowest BCUT2D eigenvalue weighted by molar-refractivity contribution is -0.118. The van der Waals surface area contributed by atoms with Crippen LogP contribution < -0.4 is 21.9 Å². The van der Waals surface area contributed by atoms with E-state index in [1.54, 1.807) is 6.92 Å². The lowest BCUT2D eigenvalue weighted by Crippen LogP contribution is -2.52. The number of fused-ring (bicyclic) bond motifs is 6. The van der Waals surface area contributed by atoms with Crippen LogP contribution in [0.1, 0.15) is 37.8 Å². The summed E-state index contributed by atoms with van der Waals surface area (Å²) in [5.74, 6) is 0.246. The van der Waals surface area contributed by atoms with E-state index in [9.17, 15) is 9.59 Å². The fraction of sp³-hybridized carbons (Fsp3) is 0.250. The molecule has 0 spiro atoms. The molecule has 2 aromatic rings. The van der Waals surface area contributed by atoms with E-state index in [4.69, 9.17) is 4.98 Å². The first kappa shape index (κ1) is 18.1. The van der Waals surface area contributed by atoms with Crippen LogP contribution in [0.4, 0.5) is 0 Å². The van der Waals surface area contributed by atoms with Gasteiger partial charge in [-0.1, -0.05) is 17.0 Å². The molecule has 0 bridgehead atoms. The highest BCUT2D eigenvalue weighted by molar-refractivity contribution is 6.64.